The molecule has 8 heteroatoms. The molecule has 1 heterocycles. The first-order valence-electron chi connectivity index (χ1n) is 10.2. The minimum atomic E-state index is -3.73. The van der Waals surface area contributed by atoms with Crippen LogP contribution in [0.15, 0.2) is 77.7 Å². The second-order valence-electron chi connectivity index (χ2n) is 7.51. The van der Waals surface area contributed by atoms with E-state index in [-0.39, 0.29) is 17.3 Å². The van der Waals surface area contributed by atoms with Crippen molar-refractivity contribution in [3.8, 4) is 11.5 Å². The molecule has 0 fully saturated rings. The summed E-state index contributed by atoms with van der Waals surface area (Å²) in [5, 5.41) is 0. The maximum absolute atomic E-state index is 13.0. The lowest BCUT2D eigenvalue weighted by Gasteiger charge is -2.23. The molecule has 0 aliphatic carbocycles. The molecule has 1 amide bonds. The number of carbonyl (C=O) groups excluding carboxylic acids is 1. The SMILES string of the molecule is COc1ccccc1CN1Cc2cc(NS(=O)(=O)c3ccccc3)ccc2O[C@@H](C)C1=O. The van der Waals surface area contributed by atoms with Gasteiger partial charge in [-0.1, -0.05) is 36.4 Å². The molecule has 1 aliphatic rings. The zero-order valence-electron chi connectivity index (χ0n) is 17.8. The molecule has 0 saturated heterocycles. The number of fused-ring (bicyclic) bond motifs is 1. The molecule has 1 aliphatic heterocycles. The first-order chi connectivity index (χ1) is 15.4. The third kappa shape index (κ3) is 4.55. The monoisotopic (exact) mass is 452 g/mol. The van der Waals surface area contributed by atoms with Gasteiger partial charge in [0.2, 0.25) is 0 Å². The van der Waals surface area contributed by atoms with Gasteiger partial charge in [-0.2, -0.15) is 0 Å². The normalized spacial score (nSPS) is 16.0. The number of nitrogens with zero attached hydrogens (tertiary/aromatic N) is 1. The number of hydrogen-bond donors (Lipinski definition) is 1. The van der Waals surface area contributed by atoms with Gasteiger partial charge in [-0.3, -0.25) is 9.52 Å². The van der Waals surface area contributed by atoms with Gasteiger partial charge in [-0.25, -0.2) is 8.42 Å². The maximum Gasteiger partial charge on any atom is 0.263 e. The average molecular weight is 453 g/mol. The molecule has 32 heavy (non-hydrogen) atoms. The van der Waals surface area contributed by atoms with Crippen molar-refractivity contribution in [1.82, 2.24) is 4.90 Å². The highest BCUT2D eigenvalue weighted by atomic mass is 32.2. The Hall–Kier alpha value is -3.52. The summed E-state index contributed by atoms with van der Waals surface area (Å²) in [7, 11) is -2.14. The highest BCUT2D eigenvalue weighted by Crippen LogP contribution is 2.31. The van der Waals surface area contributed by atoms with Crippen LogP contribution in [0.25, 0.3) is 0 Å². The van der Waals surface area contributed by atoms with E-state index in [2.05, 4.69) is 4.72 Å². The van der Waals surface area contributed by atoms with Gasteiger partial charge in [-0.05, 0) is 43.3 Å². The second kappa shape index (κ2) is 8.92. The summed E-state index contributed by atoms with van der Waals surface area (Å²) in [6, 6.07) is 20.7. The van der Waals surface area contributed by atoms with Crippen molar-refractivity contribution in [2.75, 3.05) is 11.8 Å². The number of ether oxygens (including phenoxy) is 2. The van der Waals surface area contributed by atoms with Gasteiger partial charge in [-0.15, -0.1) is 0 Å². The van der Waals surface area contributed by atoms with E-state index in [0.717, 1.165) is 5.56 Å². The molecule has 0 radical (unpaired) electrons. The Bertz CT molecular complexity index is 1230. The van der Waals surface area contributed by atoms with Gasteiger partial charge < -0.3 is 14.4 Å². The fourth-order valence-electron chi connectivity index (χ4n) is 3.65. The molecule has 1 N–H and O–H groups in total. The molecular weight excluding hydrogens is 428 g/mol. The third-order valence-corrected chi connectivity index (χ3v) is 6.64. The summed E-state index contributed by atoms with van der Waals surface area (Å²) in [4.78, 5) is 14.8. The van der Waals surface area contributed by atoms with Crippen molar-refractivity contribution in [1.29, 1.82) is 0 Å². The lowest BCUT2D eigenvalue weighted by molar-refractivity contribution is -0.138. The third-order valence-electron chi connectivity index (χ3n) is 5.24. The summed E-state index contributed by atoms with van der Waals surface area (Å²) >= 11 is 0. The standard InChI is InChI=1S/C24H24N2O5S/c1-17-24(27)26(15-18-8-6-7-11-22(18)30-2)16-19-14-20(12-13-23(19)31-17)25-32(28,29)21-9-4-3-5-10-21/h3-14,17,25H,15-16H2,1-2H3/t17-/m0/s1. The van der Waals surface area contributed by atoms with E-state index in [1.54, 1.807) is 55.3 Å². The second-order valence-corrected chi connectivity index (χ2v) is 9.19. The van der Waals surface area contributed by atoms with Crippen molar-refractivity contribution in [3.63, 3.8) is 0 Å². The number of methoxy groups -OCH3 is 1. The van der Waals surface area contributed by atoms with Gasteiger partial charge >= 0.3 is 0 Å². The van der Waals surface area contributed by atoms with Crippen LogP contribution in [0.4, 0.5) is 5.69 Å². The van der Waals surface area contributed by atoms with Crippen molar-refractivity contribution >= 4 is 21.6 Å². The van der Waals surface area contributed by atoms with E-state index in [0.29, 0.717) is 29.3 Å². The predicted octanol–water partition coefficient (Wildman–Crippen LogP) is 3.81. The number of sulfonamides is 1. The smallest absolute Gasteiger partial charge is 0.263 e. The van der Waals surface area contributed by atoms with Crippen molar-refractivity contribution in [2.24, 2.45) is 0 Å². The first-order valence-corrected chi connectivity index (χ1v) is 11.6. The van der Waals surface area contributed by atoms with Crippen molar-refractivity contribution in [3.05, 3.63) is 83.9 Å². The fraction of sp³-hybridized carbons (Fsp3) is 0.208. The zero-order chi connectivity index (χ0) is 22.7. The Balaban J connectivity index is 1.62. The first kappa shape index (κ1) is 21.7. The highest BCUT2D eigenvalue weighted by molar-refractivity contribution is 7.92. The topological polar surface area (TPSA) is 84.9 Å². The summed E-state index contributed by atoms with van der Waals surface area (Å²) in [6.07, 6.45) is -0.669. The molecule has 3 aromatic rings. The Morgan fingerprint density at radius 3 is 2.53 bits per heavy atom. The van der Waals surface area contributed by atoms with Crippen LogP contribution in [-0.4, -0.2) is 32.4 Å². The number of hydrogen-bond acceptors (Lipinski definition) is 5. The van der Waals surface area contributed by atoms with Crippen molar-refractivity contribution in [2.45, 2.75) is 31.0 Å². The number of rotatable bonds is 6. The van der Waals surface area contributed by atoms with E-state index in [1.165, 1.54) is 12.1 Å². The van der Waals surface area contributed by atoms with Gasteiger partial charge in [0.05, 0.1) is 12.0 Å². The molecular formula is C24H24N2O5S. The Morgan fingerprint density at radius 1 is 1.06 bits per heavy atom. The molecule has 0 bridgehead atoms. The predicted molar refractivity (Wildman–Crippen MR) is 121 cm³/mol. The molecule has 0 unspecified atom stereocenters. The molecule has 4 rings (SSSR count). The van der Waals surface area contributed by atoms with E-state index in [1.807, 2.05) is 24.3 Å². The highest BCUT2D eigenvalue weighted by Gasteiger charge is 2.29. The Labute approximate surface area is 187 Å². The molecule has 7 nitrogen and oxygen atoms in total. The zero-order valence-corrected chi connectivity index (χ0v) is 18.6. The van der Waals surface area contributed by atoms with E-state index < -0.39 is 16.1 Å². The summed E-state index contributed by atoms with van der Waals surface area (Å²) in [5.74, 6) is 1.09. The molecule has 166 valence electrons. The quantitative estimate of drug-likeness (QED) is 0.615. The van der Waals surface area contributed by atoms with Gasteiger partial charge in [0.1, 0.15) is 11.5 Å². The van der Waals surface area contributed by atoms with Crippen LogP contribution in [0.2, 0.25) is 0 Å². The molecule has 0 saturated carbocycles. The summed E-state index contributed by atoms with van der Waals surface area (Å²) in [5.41, 5.74) is 1.99. The average Bonchev–Trinajstić information content (AvgIpc) is 2.91. The van der Waals surface area contributed by atoms with E-state index in [4.69, 9.17) is 9.47 Å². The Morgan fingerprint density at radius 2 is 1.78 bits per heavy atom. The summed E-state index contributed by atoms with van der Waals surface area (Å²) in [6.45, 7) is 2.33. The van der Waals surface area contributed by atoms with E-state index >= 15 is 0 Å². The number of amides is 1. The number of carbonyl (C=O) groups is 1. The van der Waals surface area contributed by atoms with Gasteiger partial charge in [0.25, 0.3) is 15.9 Å². The van der Waals surface area contributed by atoms with Crippen LogP contribution < -0.4 is 14.2 Å². The van der Waals surface area contributed by atoms with Crippen LogP contribution in [0.3, 0.4) is 0 Å². The largest absolute Gasteiger partial charge is 0.496 e. The maximum atomic E-state index is 13.0. The summed E-state index contributed by atoms with van der Waals surface area (Å²) < 4.78 is 39.3. The lowest BCUT2D eigenvalue weighted by Crippen LogP contribution is -2.37. The number of nitrogens with one attached hydrogen (secondary N) is 1. The van der Waals surface area contributed by atoms with Crippen LogP contribution in [0.1, 0.15) is 18.1 Å². The fourth-order valence-corrected chi connectivity index (χ4v) is 4.72. The van der Waals surface area contributed by atoms with Crippen LogP contribution in [0, 0.1) is 0 Å². The minimum absolute atomic E-state index is 0.154. The van der Waals surface area contributed by atoms with Crippen LogP contribution in [0.5, 0.6) is 11.5 Å². The van der Waals surface area contributed by atoms with Crippen LogP contribution >= 0.6 is 0 Å². The number of anilines is 1. The van der Waals surface area contributed by atoms with E-state index in [9.17, 15) is 13.2 Å². The molecule has 3 aromatic carbocycles. The minimum Gasteiger partial charge on any atom is -0.496 e. The molecule has 0 aromatic heterocycles. The Kier molecular flexibility index (Phi) is 6.05. The number of para-hydroxylation sites is 1. The lowest BCUT2D eigenvalue weighted by atomic mass is 10.1. The van der Waals surface area contributed by atoms with Crippen LogP contribution in [-0.2, 0) is 27.9 Å². The number of benzene rings is 3. The van der Waals surface area contributed by atoms with Crippen molar-refractivity contribution < 1.29 is 22.7 Å². The molecule has 0 spiro atoms. The van der Waals surface area contributed by atoms with Gasteiger partial charge in [0, 0.05) is 29.9 Å². The molecule has 1 atom stereocenters. The van der Waals surface area contributed by atoms with Gasteiger partial charge in [0.15, 0.2) is 6.10 Å².